The van der Waals surface area contributed by atoms with Crippen molar-refractivity contribution in [2.24, 2.45) is 0 Å². The van der Waals surface area contributed by atoms with Gasteiger partial charge in [0.1, 0.15) is 0 Å². The molecule has 2 aromatic heterocycles. The average molecular weight is 285 g/mol. The number of nitrogens with zero attached hydrogens (tertiary/aromatic N) is 3. The first-order chi connectivity index (χ1) is 9.74. The Bertz CT molecular complexity index is 834. The van der Waals surface area contributed by atoms with Crippen molar-refractivity contribution in [1.29, 1.82) is 0 Å². The quantitative estimate of drug-likeness (QED) is 0.786. The maximum atomic E-state index is 11.3. The first kappa shape index (κ1) is 11.6. The van der Waals surface area contributed by atoms with Crippen molar-refractivity contribution in [3.05, 3.63) is 40.7 Å². The Balaban J connectivity index is 1.93. The average Bonchev–Trinajstić information content (AvgIpc) is 3.12. The van der Waals surface area contributed by atoms with Crippen LogP contribution < -0.4 is 0 Å². The van der Waals surface area contributed by atoms with Crippen LogP contribution in [0, 0.1) is 0 Å². The molecular weight excluding hydrogens is 274 g/mol. The van der Waals surface area contributed by atoms with Gasteiger partial charge in [-0.2, -0.15) is 5.10 Å². The van der Waals surface area contributed by atoms with Crippen molar-refractivity contribution in [3.63, 3.8) is 0 Å². The summed E-state index contributed by atoms with van der Waals surface area (Å²) in [5, 5.41) is 13.6. The number of carboxylic acids is 1. The highest BCUT2D eigenvalue weighted by molar-refractivity contribution is 7.16. The molecule has 0 saturated carbocycles. The molecule has 5 nitrogen and oxygen atoms in total. The fourth-order valence-corrected chi connectivity index (χ4v) is 3.51. The summed E-state index contributed by atoms with van der Waals surface area (Å²) in [6.45, 7) is 0. The Kier molecular flexibility index (Phi) is 2.40. The maximum Gasteiger partial charge on any atom is 0.356 e. The van der Waals surface area contributed by atoms with Gasteiger partial charge in [-0.1, -0.05) is 0 Å². The molecule has 1 aromatic carbocycles. The molecule has 0 amide bonds. The number of benzene rings is 1. The SMILES string of the molecule is O=C(O)c1nn(-c2ccc3ncsc3c2)c2c1CCC2. The lowest BCUT2D eigenvalue weighted by molar-refractivity contribution is 0.0689. The molecule has 0 unspecified atom stereocenters. The molecule has 0 saturated heterocycles. The normalized spacial score (nSPS) is 13.8. The summed E-state index contributed by atoms with van der Waals surface area (Å²) < 4.78 is 2.87. The largest absolute Gasteiger partial charge is 0.476 e. The van der Waals surface area contributed by atoms with E-state index < -0.39 is 5.97 Å². The number of carbonyl (C=O) groups is 1. The number of aromatic carboxylic acids is 1. The lowest BCUT2D eigenvalue weighted by Gasteiger charge is -2.05. The van der Waals surface area contributed by atoms with Crippen LogP contribution in [0.3, 0.4) is 0 Å². The van der Waals surface area contributed by atoms with Crippen LogP contribution in [0.1, 0.15) is 28.2 Å². The molecule has 6 heteroatoms. The minimum atomic E-state index is -0.944. The van der Waals surface area contributed by atoms with Crippen LogP contribution in [0.4, 0.5) is 0 Å². The summed E-state index contributed by atoms with van der Waals surface area (Å²) in [5.74, 6) is -0.944. The van der Waals surface area contributed by atoms with Crippen LogP contribution >= 0.6 is 11.3 Å². The van der Waals surface area contributed by atoms with Gasteiger partial charge in [0.15, 0.2) is 5.69 Å². The molecule has 0 aliphatic heterocycles. The van der Waals surface area contributed by atoms with Crippen molar-refractivity contribution in [2.75, 3.05) is 0 Å². The second-order valence-corrected chi connectivity index (χ2v) is 5.74. The Hall–Kier alpha value is -2.21. The van der Waals surface area contributed by atoms with Gasteiger partial charge in [-0.15, -0.1) is 11.3 Å². The van der Waals surface area contributed by atoms with Crippen LogP contribution in [-0.4, -0.2) is 25.8 Å². The van der Waals surface area contributed by atoms with Crippen molar-refractivity contribution >= 4 is 27.5 Å². The van der Waals surface area contributed by atoms with Crippen LogP contribution in [0.2, 0.25) is 0 Å². The number of carboxylic acid groups (broad SMARTS) is 1. The van der Waals surface area contributed by atoms with E-state index >= 15 is 0 Å². The number of aromatic nitrogens is 3. The molecule has 1 aliphatic rings. The van der Waals surface area contributed by atoms with E-state index in [9.17, 15) is 9.90 Å². The molecule has 0 spiro atoms. The molecule has 0 fully saturated rings. The number of hydrogen-bond acceptors (Lipinski definition) is 4. The van der Waals surface area contributed by atoms with E-state index in [-0.39, 0.29) is 5.69 Å². The van der Waals surface area contributed by atoms with Gasteiger partial charge < -0.3 is 5.11 Å². The summed E-state index contributed by atoms with van der Waals surface area (Å²) in [7, 11) is 0. The molecule has 100 valence electrons. The highest BCUT2D eigenvalue weighted by atomic mass is 32.1. The van der Waals surface area contributed by atoms with E-state index in [1.165, 1.54) is 0 Å². The van der Waals surface area contributed by atoms with E-state index in [1.807, 2.05) is 23.7 Å². The van der Waals surface area contributed by atoms with E-state index in [0.717, 1.165) is 46.4 Å². The van der Waals surface area contributed by atoms with E-state index in [1.54, 1.807) is 16.0 Å². The van der Waals surface area contributed by atoms with E-state index in [4.69, 9.17) is 0 Å². The molecule has 2 heterocycles. The number of hydrogen-bond donors (Lipinski definition) is 1. The zero-order valence-electron chi connectivity index (χ0n) is 10.5. The van der Waals surface area contributed by atoms with Crippen LogP contribution in [0.5, 0.6) is 0 Å². The van der Waals surface area contributed by atoms with Gasteiger partial charge in [-0.05, 0) is 37.5 Å². The van der Waals surface area contributed by atoms with Gasteiger partial charge in [0.2, 0.25) is 0 Å². The summed E-state index contributed by atoms with van der Waals surface area (Å²) in [6, 6.07) is 5.91. The van der Waals surface area contributed by atoms with Gasteiger partial charge >= 0.3 is 5.97 Å². The van der Waals surface area contributed by atoms with Crippen LogP contribution in [-0.2, 0) is 12.8 Å². The third-order valence-electron chi connectivity index (χ3n) is 3.69. The van der Waals surface area contributed by atoms with Crippen molar-refractivity contribution in [1.82, 2.24) is 14.8 Å². The number of fused-ring (bicyclic) bond motifs is 2. The van der Waals surface area contributed by atoms with Gasteiger partial charge in [0, 0.05) is 11.3 Å². The summed E-state index contributed by atoms with van der Waals surface area (Å²) in [4.78, 5) is 15.5. The molecule has 4 rings (SSSR count). The molecule has 0 radical (unpaired) electrons. The van der Waals surface area contributed by atoms with Gasteiger partial charge in [-0.3, -0.25) is 0 Å². The Morgan fingerprint density at radius 2 is 2.25 bits per heavy atom. The number of rotatable bonds is 2. The Morgan fingerprint density at radius 1 is 1.35 bits per heavy atom. The van der Waals surface area contributed by atoms with E-state index in [2.05, 4.69) is 10.1 Å². The molecular formula is C14H11N3O2S. The van der Waals surface area contributed by atoms with Gasteiger partial charge in [0.05, 0.1) is 21.4 Å². The van der Waals surface area contributed by atoms with E-state index in [0.29, 0.717) is 0 Å². The van der Waals surface area contributed by atoms with Gasteiger partial charge in [0.25, 0.3) is 0 Å². The third kappa shape index (κ3) is 1.58. The Labute approximate surface area is 118 Å². The second kappa shape index (κ2) is 4.14. The van der Waals surface area contributed by atoms with Crippen molar-refractivity contribution in [2.45, 2.75) is 19.3 Å². The van der Waals surface area contributed by atoms with Crippen LogP contribution in [0.25, 0.3) is 15.9 Å². The highest BCUT2D eigenvalue weighted by Crippen LogP contribution is 2.29. The van der Waals surface area contributed by atoms with Crippen molar-refractivity contribution < 1.29 is 9.90 Å². The van der Waals surface area contributed by atoms with Crippen LogP contribution in [0.15, 0.2) is 23.7 Å². The monoisotopic (exact) mass is 285 g/mol. The molecule has 0 bridgehead atoms. The fraction of sp³-hybridized carbons (Fsp3) is 0.214. The van der Waals surface area contributed by atoms with Gasteiger partial charge in [-0.25, -0.2) is 14.5 Å². The minimum Gasteiger partial charge on any atom is -0.476 e. The second-order valence-electron chi connectivity index (χ2n) is 4.85. The maximum absolute atomic E-state index is 11.3. The molecule has 0 atom stereocenters. The summed E-state index contributed by atoms with van der Waals surface area (Å²) in [6.07, 6.45) is 2.69. The molecule has 20 heavy (non-hydrogen) atoms. The molecule has 1 aliphatic carbocycles. The first-order valence-electron chi connectivity index (χ1n) is 6.42. The first-order valence-corrected chi connectivity index (χ1v) is 7.29. The topological polar surface area (TPSA) is 68.0 Å². The zero-order valence-corrected chi connectivity index (χ0v) is 11.4. The summed E-state index contributed by atoms with van der Waals surface area (Å²) in [5.41, 5.74) is 5.80. The van der Waals surface area contributed by atoms with Crippen molar-refractivity contribution in [3.8, 4) is 5.69 Å². The fourth-order valence-electron chi connectivity index (χ4n) is 2.80. The third-order valence-corrected chi connectivity index (χ3v) is 4.48. The minimum absolute atomic E-state index is 0.196. The zero-order chi connectivity index (χ0) is 13.7. The smallest absolute Gasteiger partial charge is 0.356 e. The predicted octanol–water partition coefficient (Wildman–Crippen LogP) is 2.67. The predicted molar refractivity (Wildman–Crippen MR) is 75.7 cm³/mol. The molecule has 3 aromatic rings. The number of thiazole rings is 1. The Morgan fingerprint density at radius 3 is 3.10 bits per heavy atom. The molecule has 1 N–H and O–H groups in total. The summed E-state index contributed by atoms with van der Waals surface area (Å²) >= 11 is 1.57. The standard InChI is InChI=1S/C14H11N3O2S/c18-14(19)13-9-2-1-3-11(9)17(16-13)8-4-5-10-12(6-8)20-7-15-10/h4-7H,1-3H2,(H,18,19). The lowest BCUT2D eigenvalue weighted by atomic mass is 10.2. The highest BCUT2D eigenvalue weighted by Gasteiger charge is 2.26. The lowest BCUT2D eigenvalue weighted by Crippen LogP contribution is -2.04.